The van der Waals surface area contributed by atoms with Gasteiger partial charge in [-0.2, -0.15) is 4.31 Å². The van der Waals surface area contributed by atoms with E-state index in [2.05, 4.69) is 5.32 Å². The van der Waals surface area contributed by atoms with Gasteiger partial charge in [-0.05, 0) is 43.0 Å². The number of hydrogen-bond donors (Lipinski definition) is 1. The second kappa shape index (κ2) is 9.05. The summed E-state index contributed by atoms with van der Waals surface area (Å²) in [6.45, 7) is 11.4. The van der Waals surface area contributed by atoms with Crippen LogP contribution in [0.1, 0.15) is 45.0 Å². The van der Waals surface area contributed by atoms with E-state index >= 15 is 0 Å². The van der Waals surface area contributed by atoms with Gasteiger partial charge in [0.1, 0.15) is 6.04 Å². The number of piperazine rings is 1. The highest BCUT2D eigenvalue weighted by molar-refractivity contribution is 7.89. The number of hydrogen-bond acceptors (Lipinski definition) is 4. The second-order valence-electron chi connectivity index (χ2n) is 8.10. The number of nitrogens with one attached hydrogen (secondary N) is 1. The van der Waals surface area contributed by atoms with E-state index in [0.717, 1.165) is 0 Å². The lowest BCUT2D eigenvalue weighted by Gasteiger charge is -2.32. The lowest BCUT2D eigenvalue weighted by Crippen LogP contribution is -2.55. The number of carbonyl (C=O) groups excluding carboxylic acids is 2. The van der Waals surface area contributed by atoms with Crippen LogP contribution < -0.4 is 5.32 Å². The molecule has 1 aliphatic rings. The molecule has 2 amide bonds. The zero-order valence-electron chi connectivity index (χ0n) is 17.3. The van der Waals surface area contributed by atoms with Crippen LogP contribution in [0.3, 0.4) is 0 Å². The Morgan fingerprint density at radius 1 is 1.14 bits per heavy atom. The highest BCUT2D eigenvalue weighted by atomic mass is 32.2. The average Bonchev–Trinajstić information content (AvgIpc) is 2.62. The molecule has 0 saturated carbocycles. The van der Waals surface area contributed by atoms with E-state index in [0.29, 0.717) is 31.7 Å². The number of rotatable bonds is 7. The molecule has 1 aromatic carbocycles. The fourth-order valence-corrected chi connectivity index (χ4v) is 5.00. The molecule has 7 nitrogen and oxygen atoms in total. The molecule has 1 unspecified atom stereocenters. The molecule has 156 valence electrons. The van der Waals surface area contributed by atoms with Gasteiger partial charge in [0.25, 0.3) is 5.91 Å². The van der Waals surface area contributed by atoms with Gasteiger partial charge < -0.3 is 10.2 Å². The van der Waals surface area contributed by atoms with Gasteiger partial charge >= 0.3 is 0 Å². The van der Waals surface area contributed by atoms with E-state index in [-0.39, 0.29) is 28.5 Å². The monoisotopic (exact) mass is 409 g/mol. The Hall–Kier alpha value is -1.93. The fraction of sp³-hybridized carbons (Fsp3) is 0.600. The van der Waals surface area contributed by atoms with Gasteiger partial charge in [-0.25, -0.2) is 8.42 Å². The first kappa shape index (κ1) is 22.4. The quantitative estimate of drug-likeness (QED) is 0.746. The van der Waals surface area contributed by atoms with E-state index < -0.39 is 16.1 Å². The van der Waals surface area contributed by atoms with Crippen LogP contribution in [0, 0.1) is 11.8 Å². The smallest absolute Gasteiger partial charge is 0.254 e. The topological polar surface area (TPSA) is 86.8 Å². The number of nitrogens with zero attached hydrogens (tertiary/aromatic N) is 2. The number of amides is 2. The summed E-state index contributed by atoms with van der Waals surface area (Å²) < 4.78 is 27.6. The maximum absolute atomic E-state index is 13.1. The Kier molecular flexibility index (Phi) is 7.22. The van der Waals surface area contributed by atoms with Crippen LogP contribution in [-0.2, 0) is 14.8 Å². The maximum atomic E-state index is 13.1. The van der Waals surface area contributed by atoms with Crippen LogP contribution in [0.15, 0.2) is 29.2 Å². The Labute approximate surface area is 168 Å². The van der Waals surface area contributed by atoms with Crippen molar-refractivity contribution in [1.82, 2.24) is 14.5 Å². The van der Waals surface area contributed by atoms with Gasteiger partial charge in [0.15, 0.2) is 0 Å². The largest absolute Gasteiger partial charge is 0.353 e. The molecule has 8 heteroatoms. The number of sulfonamides is 1. The average molecular weight is 410 g/mol. The second-order valence-corrected chi connectivity index (χ2v) is 10.0. The van der Waals surface area contributed by atoms with E-state index in [1.165, 1.54) is 33.5 Å². The third-order valence-electron chi connectivity index (χ3n) is 4.64. The van der Waals surface area contributed by atoms with E-state index in [4.69, 9.17) is 0 Å². The van der Waals surface area contributed by atoms with Crippen LogP contribution in [0.2, 0.25) is 0 Å². The molecule has 1 fully saturated rings. The van der Waals surface area contributed by atoms with Crippen LogP contribution in [-0.4, -0.2) is 61.7 Å². The van der Waals surface area contributed by atoms with Crippen molar-refractivity contribution >= 4 is 21.8 Å². The maximum Gasteiger partial charge on any atom is 0.254 e. The van der Waals surface area contributed by atoms with Crippen molar-refractivity contribution in [3.05, 3.63) is 29.8 Å². The normalized spacial score (nSPS) is 18.1. The minimum Gasteiger partial charge on any atom is -0.353 e. The summed E-state index contributed by atoms with van der Waals surface area (Å²) in [5.74, 6) is -0.0356. The Morgan fingerprint density at radius 3 is 2.18 bits per heavy atom. The van der Waals surface area contributed by atoms with Gasteiger partial charge in [-0.1, -0.05) is 27.7 Å². The first-order valence-corrected chi connectivity index (χ1v) is 11.2. The van der Waals surface area contributed by atoms with E-state index in [9.17, 15) is 18.0 Å². The van der Waals surface area contributed by atoms with E-state index in [1.807, 2.05) is 27.7 Å². The summed E-state index contributed by atoms with van der Waals surface area (Å²) in [6.07, 6.45) is 0. The lowest BCUT2D eigenvalue weighted by atomic mass is 10.1. The molecule has 1 aromatic rings. The van der Waals surface area contributed by atoms with Gasteiger partial charge in [-0.3, -0.25) is 9.59 Å². The van der Waals surface area contributed by atoms with Crippen LogP contribution in [0.5, 0.6) is 0 Å². The summed E-state index contributed by atoms with van der Waals surface area (Å²) >= 11 is 0. The Balaban J connectivity index is 2.24. The number of benzene rings is 1. The summed E-state index contributed by atoms with van der Waals surface area (Å²) in [5, 5.41) is 2.72. The zero-order valence-corrected chi connectivity index (χ0v) is 18.1. The molecule has 2 rings (SSSR count). The molecule has 0 radical (unpaired) electrons. The molecular formula is C20H31N3O4S. The van der Waals surface area contributed by atoms with Crippen LogP contribution >= 0.6 is 0 Å². The summed E-state index contributed by atoms with van der Waals surface area (Å²) in [5.41, 5.74) is 0.375. The SMILES string of the molecule is CC(C)CN(CC(C)C)S(=O)(=O)c1ccc(C(=O)N2CCNC(=O)C2C)cc1. The highest BCUT2D eigenvalue weighted by Gasteiger charge is 2.30. The first-order valence-electron chi connectivity index (χ1n) is 9.73. The van der Waals surface area contributed by atoms with Crippen molar-refractivity contribution in [3.8, 4) is 0 Å². The van der Waals surface area contributed by atoms with Crippen molar-refractivity contribution in [2.45, 2.75) is 45.6 Å². The van der Waals surface area contributed by atoms with Crippen LogP contribution in [0.25, 0.3) is 0 Å². The third kappa shape index (κ3) is 5.11. The molecule has 0 aromatic heterocycles. The molecule has 1 aliphatic heterocycles. The Morgan fingerprint density at radius 2 is 1.68 bits per heavy atom. The van der Waals surface area contributed by atoms with Crippen molar-refractivity contribution in [3.63, 3.8) is 0 Å². The lowest BCUT2D eigenvalue weighted by molar-refractivity contribution is -0.127. The summed E-state index contributed by atoms with van der Waals surface area (Å²) in [4.78, 5) is 26.2. The van der Waals surface area contributed by atoms with Gasteiger partial charge in [-0.15, -0.1) is 0 Å². The molecule has 1 heterocycles. The Bertz CT molecular complexity index is 793. The van der Waals surface area contributed by atoms with Crippen LogP contribution in [0.4, 0.5) is 0 Å². The molecule has 0 aliphatic carbocycles. The molecule has 28 heavy (non-hydrogen) atoms. The summed E-state index contributed by atoms with van der Waals surface area (Å²) in [7, 11) is -3.63. The molecule has 0 bridgehead atoms. The molecular weight excluding hydrogens is 378 g/mol. The standard InChI is InChI=1S/C20H31N3O4S/c1-14(2)12-22(13-15(3)4)28(26,27)18-8-6-17(7-9-18)20(25)23-11-10-21-19(24)16(23)5/h6-9,14-16H,10-13H2,1-5H3,(H,21,24). The third-order valence-corrected chi connectivity index (χ3v) is 6.48. The van der Waals surface area contributed by atoms with E-state index in [1.54, 1.807) is 6.92 Å². The summed E-state index contributed by atoms with van der Waals surface area (Å²) in [6, 6.07) is 5.46. The minimum atomic E-state index is -3.63. The van der Waals surface area contributed by atoms with Gasteiger partial charge in [0.05, 0.1) is 4.90 Å². The van der Waals surface area contributed by atoms with Gasteiger partial charge in [0.2, 0.25) is 15.9 Å². The predicted octanol–water partition coefficient (Wildman–Crippen LogP) is 1.95. The zero-order chi connectivity index (χ0) is 21.1. The van der Waals surface area contributed by atoms with Crippen molar-refractivity contribution in [2.75, 3.05) is 26.2 Å². The van der Waals surface area contributed by atoms with Crippen molar-refractivity contribution in [1.29, 1.82) is 0 Å². The predicted molar refractivity (Wildman–Crippen MR) is 108 cm³/mol. The fourth-order valence-electron chi connectivity index (χ4n) is 3.23. The van der Waals surface area contributed by atoms with Gasteiger partial charge in [0, 0.05) is 31.7 Å². The molecule has 1 N–H and O–H groups in total. The number of carbonyl (C=O) groups is 2. The minimum absolute atomic E-state index is 0.176. The first-order chi connectivity index (χ1) is 13.0. The molecule has 0 spiro atoms. The van der Waals surface area contributed by atoms with Crippen molar-refractivity contribution < 1.29 is 18.0 Å². The molecule has 1 saturated heterocycles. The molecule has 1 atom stereocenters. The highest BCUT2D eigenvalue weighted by Crippen LogP contribution is 2.20. The van der Waals surface area contributed by atoms with Crippen molar-refractivity contribution in [2.24, 2.45) is 11.8 Å².